The highest BCUT2D eigenvalue weighted by Gasteiger charge is 2.08. The molecule has 0 saturated heterocycles. The van der Waals surface area contributed by atoms with Crippen LogP contribution in [0.2, 0.25) is 0 Å². The van der Waals surface area contributed by atoms with Gasteiger partial charge in [0.2, 0.25) is 0 Å². The van der Waals surface area contributed by atoms with Crippen molar-refractivity contribution in [2.45, 2.75) is 6.92 Å². The summed E-state index contributed by atoms with van der Waals surface area (Å²) in [6, 6.07) is 7.90. The lowest BCUT2D eigenvalue weighted by Crippen LogP contribution is -1.83. The summed E-state index contributed by atoms with van der Waals surface area (Å²) in [6.45, 7) is 1.96. The van der Waals surface area contributed by atoms with Crippen molar-refractivity contribution >= 4 is 16.5 Å². The third-order valence-electron chi connectivity index (χ3n) is 2.15. The molecule has 0 aliphatic heterocycles. The maximum atomic E-state index is 5.66. The second-order valence-corrected chi connectivity index (χ2v) is 4.23. The first kappa shape index (κ1) is 9.98. The number of methoxy groups -OCH3 is 1. The van der Waals surface area contributed by atoms with E-state index < -0.39 is 0 Å². The maximum Gasteiger partial charge on any atom is 0.180 e. The van der Waals surface area contributed by atoms with Crippen molar-refractivity contribution in [3.05, 3.63) is 30.0 Å². The van der Waals surface area contributed by atoms with Gasteiger partial charge in [-0.15, -0.1) is 0 Å². The van der Waals surface area contributed by atoms with E-state index in [2.05, 4.69) is 4.98 Å². The fourth-order valence-corrected chi connectivity index (χ4v) is 2.28. The van der Waals surface area contributed by atoms with Gasteiger partial charge in [0.15, 0.2) is 5.13 Å². The largest absolute Gasteiger partial charge is 0.497 e. The first-order chi connectivity index (χ1) is 7.20. The van der Waals surface area contributed by atoms with Gasteiger partial charge in [0, 0.05) is 0 Å². The highest BCUT2D eigenvalue weighted by Crippen LogP contribution is 2.32. The minimum atomic E-state index is 0.602. The zero-order valence-corrected chi connectivity index (χ0v) is 9.47. The molecule has 78 valence electrons. The highest BCUT2D eigenvalue weighted by atomic mass is 32.1. The molecule has 0 bridgehead atoms. The monoisotopic (exact) mass is 220 g/mol. The molecule has 1 aromatic carbocycles. The second-order valence-electron chi connectivity index (χ2n) is 3.20. The number of hydrogen-bond acceptors (Lipinski definition) is 4. The molecule has 4 heteroatoms. The molecule has 2 N–H and O–H groups in total. The Bertz CT molecular complexity index is 479. The number of aromatic nitrogens is 1. The number of aryl methyl sites for hydroxylation is 1. The summed E-state index contributed by atoms with van der Waals surface area (Å²) in [5.41, 5.74) is 7.73. The molecule has 0 saturated carbocycles. The number of rotatable bonds is 2. The van der Waals surface area contributed by atoms with Gasteiger partial charge in [-0.3, -0.25) is 0 Å². The van der Waals surface area contributed by atoms with Gasteiger partial charge >= 0.3 is 0 Å². The minimum absolute atomic E-state index is 0.602. The Balaban J connectivity index is 2.49. The molecular formula is C11H12N2OS. The quantitative estimate of drug-likeness (QED) is 0.846. The zero-order chi connectivity index (χ0) is 10.8. The molecule has 0 unspecified atom stereocenters. The number of thiazole rings is 1. The molecule has 0 spiro atoms. The Labute approximate surface area is 92.5 Å². The van der Waals surface area contributed by atoms with E-state index >= 15 is 0 Å². The maximum absolute atomic E-state index is 5.66. The molecule has 1 heterocycles. The summed E-state index contributed by atoms with van der Waals surface area (Å²) in [6.07, 6.45) is 0. The SMILES string of the molecule is COc1cccc(-c2sc(N)nc2C)c1. The van der Waals surface area contributed by atoms with E-state index in [0.717, 1.165) is 21.9 Å². The smallest absolute Gasteiger partial charge is 0.180 e. The standard InChI is InChI=1S/C11H12N2OS/c1-7-10(15-11(12)13-7)8-4-3-5-9(6-8)14-2/h3-6H,1-2H3,(H2,12,13). The van der Waals surface area contributed by atoms with Crippen molar-refractivity contribution in [3.8, 4) is 16.2 Å². The summed E-state index contributed by atoms with van der Waals surface area (Å²) < 4.78 is 5.18. The normalized spacial score (nSPS) is 10.3. The van der Waals surface area contributed by atoms with Gasteiger partial charge in [0.1, 0.15) is 5.75 Å². The number of nitrogen functional groups attached to an aromatic ring is 1. The lowest BCUT2D eigenvalue weighted by atomic mass is 10.1. The molecule has 0 radical (unpaired) electrons. The predicted molar refractivity (Wildman–Crippen MR) is 63.3 cm³/mol. The number of benzene rings is 1. The van der Waals surface area contributed by atoms with Gasteiger partial charge < -0.3 is 10.5 Å². The molecule has 0 fully saturated rings. The lowest BCUT2D eigenvalue weighted by Gasteiger charge is -2.02. The van der Waals surface area contributed by atoms with Crippen LogP contribution in [0.1, 0.15) is 5.69 Å². The van der Waals surface area contributed by atoms with Crippen molar-refractivity contribution < 1.29 is 4.74 Å². The third kappa shape index (κ3) is 1.94. The molecular weight excluding hydrogens is 208 g/mol. The number of hydrogen-bond donors (Lipinski definition) is 1. The summed E-state index contributed by atoms with van der Waals surface area (Å²) in [5, 5.41) is 0.602. The fraction of sp³-hybridized carbons (Fsp3) is 0.182. The molecule has 3 nitrogen and oxygen atoms in total. The van der Waals surface area contributed by atoms with Crippen molar-refractivity contribution in [3.63, 3.8) is 0 Å². The topological polar surface area (TPSA) is 48.1 Å². The molecule has 2 aromatic rings. The van der Waals surface area contributed by atoms with Crippen molar-refractivity contribution in [1.29, 1.82) is 0 Å². The molecule has 0 aliphatic rings. The first-order valence-corrected chi connectivity index (χ1v) is 5.39. The van der Waals surface area contributed by atoms with Crippen LogP contribution in [0.5, 0.6) is 5.75 Å². The van der Waals surface area contributed by atoms with Gasteiger partial charge in [0.05, 0.1) is 17.7 Å². The van der Waals surface area contributed by atoms with Gasteiger partial charge in [-0.05, 0) is 24.6 Å². The van der Waals surface area contributed by atoms with E-state index in [-0.39, 0.29) is 0 Å². The van der Waals surface area contributed by atoms with Crippen LogP contribution in [-0.2, 0) is 0 Å². The van der Waals surface area contributed by atoms with Crippen molar-refractivity contribution in [2.75, 3.05) is 12.8 Å². The van der Waals surface area contributed by atoms with Crippen LogP contribution >= 0.6 is 11.3 Å². The van der Waals surface area contributed by atoms with E-state index in [9.17, 15) is 0 Å². The number of anilines is 1. The van der Waals surface area contributed by atoms with E-state index in [1.807, 2.05) is 31.2 Å². The summed E-state index contributed by atoms with van der Waals surface area (Å²) in [5.74, 6) is 0.846. The van der Waals surface area contributed by atoms with Gasteiger partial charge in [-0.25, -0.2) is 4.98 Å². The predicted octanol–water partition coefficient (Wildman–Crippen LogP) is 2.71. The Kier molecular flexibility index (Phi) is 2.60. The first-order valence-electron chi connectivity index (χ1n) is 4.58. The Morgan fingerprint density at radius 3 is 2.80 bits per heavy atom. The lowest BCUT2D eigenvalue weighted by molar-refractivity contribution is 0.415. The van der Waals surface area contributed by atoms with Gasteiger partial charge in [-0.1, -0.05) is 23.5 Å². The second kappa shape index (κ2) is 3.90. The molecule has 2 rings (SSSR count). The van der Waals surface area contributed by atoms with Gasteiger partial charge in [-0.2, -0.15) is 0 Å². The highest BCUT2D eigenvalue weighted by molar-refractivity contribution is 7.18. The van der Waals surface area contributed by atoms with Crippen molar-refractivity contribution in [2.24, 2.45) is 0 Å². The number of nitrogens with two attached hydrogens (primary N) is 1. The average molecular weight is 220 g/mol. The third-order valence-corrected chi connectivity index (χ3v) is 3.18. The number of ether oxygens (including phenoxy) is 1. The van der Waals surface area contributed by atoms with Crippen LogP contribution in [0.15, 0.2) is 24.3 Å². The summed E-state index contributed by atoms with van der Waals surface area (Å²) in [4.78, 5) is 5.30. The van der Waals surface area contributed by atoms with Crippen LogP contribution < -0.4 is 10.5 Å². The molecule has 0 amide bonds. The number of nitrogens with zero attached hydrogens (tertiary/aromatic N) is 1. The Morgan fingerprint density at radius 2 is 2.20 bits per heavy atom. The van der Waals surface area contributed by atoms with E-state index in [0.29, 0.717) is 5.13 Å². The van der Waals surface area contributed by atoms with Crippen LogP contribution in [0.4, 0.5) is 5.13 Å². The van der Waals surface area contributed by atoms with Gasteiger partial charge in [0.25, 0.3) is 0 Å². The molecule has 15 heavy (non-hydrogen) atoms. The zero-order valence-electron chi connectivity index (χ0n) is 8.65. The Morgan fingerprint density at radius 1 is 1.40 bits per heavy atom. The minimum Gasteiger partial charge on any atom is -0.497 e. The van der Waals surface area contributed by atoms with Crippen molar-refractivity contribution in [1.82, 2.24) is 4.98 Å². The Hall–Kier alpha value is -1.55. The van der Waals surface area contributed by atoms with Crippen LogP contribution in [0, 0.1) is 6.92 Å². The van der Waals surface area contributed by atoms with Crippen LogP contribution in [0.25, 0.3) is 10.4 Å². The molecule has 0 aliphatic carbocycles. The van der Waals surface area contributed by atoms with Crippen LogP contribution in [0.3, 0.4) is 0 Å². The summed E-state index contributed by atoms with van der Waals surface area (Å²) in [7, 11) is 1.66. The molecule has 0 atom stereocenters. The fourth-order valence-electron chi connectivity index (χ4n) is 1.45. The van der Waals surface area contributed by atoms with E-state index in [1.54, 1.807) is 7.11 Å². The molecule has 1 aromatic heterocycles. The van der Waals surface area contributed by atoms with E-state index in [1.165, 1.54) is 11.3 Å². The summed E-state index contributed by atoms with van der Waals surface area (Å²) >= 11 is 1.50. The van der Waals surface area contributed by atoms with Crippen LogP contribution in [-0.4, -0.2) is 12.1 Å². The average Bonchev–Trinajstić information content (AvgIpc) is 2.58. The van der Waals surface area contributed by atoms with E-state index in [4.69, 9.17) is 10.5 Å².